The summed E-state index contributed by atoms with van der Waals surface area (Å²) in [4.78, 5) is 39.5. The normalized spacial score (nSPS) is 14.9. The van der Waals surface area contributed by atoms with Crippen LogP contribution >= 0.6 is 0 Å². The van der Waals surface area contributed by atoms with Gasteiger partial charge in [-0.15, -0.1) is 0 Å². The van der Waals surface area contributed by atoms with E-state index in [-0.39, 0.29) is 29.9 Å². The molecular formula is C28H38N4O6S. The molecule has 0 bridgehead atoms. The van der Waals surface area contributed by atoms with E-state index in [9.17, 15) is 28.1 Å². The Kier molecular flexibility index (Phi) is 10.1. The minimum atomic E-state index is -4.00. The van der Waals surface area contributed by atoms with Crippen LogP contribution in [0.4, 0.5) is 11.4 Å². The first-order valence-corrected chi connectivity index (χ1v) is 15.1. The lowest BCUT2D eigenvalue weighted by molar-refractivity contribution is -0.384. The van der Waals surface area contributed by atoms with E-state index in [1.807, 2.05) is 38.1 Å². The van der Waals surface area contributed by atoms with Gasteiger partial charge in [0.1, 0.15) is 12.6 Å². The lowest BCUT2D eigenvalue weighted by atomic mass is 9.95. The van der Waals surface area contributed by atoms with E-state index in [1.54, 1.807) is 6.92 Å². The van der Waals surface area contributed by atoms with Gasteiger partial charge in [-0.3, -0.25) is 24.0 Å². The molecule has 1 aliphatic carbocycles. The van der Waals surface area contributed by atoms with Gasteiger partial charge in [-0.1, -0.05) is 62.1 Å². The average molecular weight is 559 g/mol. The van der Waals surface area contributed by atoms with E-state index in [4.69, 9.17) is 0 Å². The number of hydrogen-bond acceptors (Lipinski definition) is 6. The molecule has 1 aliphatic rings. The lowest BCUT2D eigenvalue weighted by Crippen LogP contribution is -2.54. The number of non-ortho nitro benzene ring substituents is 1. The molecule has 39 heavy (non-hydrogen) atoms. The van der Waals surface area contributed by atoms with E-state index in [2.05, 4.69) is 5.32 Å². The first-order chi connectivity index (χ1) is 18.4. The highest BCUT2D eigenvalue weighted by molar-refractivity contribution is 7.92. The van der Waals surface area contributed by atoms with E-state index >= 15 is 0 Å². The van der Waals surface area contributed by atoms with E-state index < -0.39 is 33.4 Å². The van der Waals surface area contributed by atoms with Crippen LogP contribution in [-0.2, 0) is 26.2 Å². The van der Waals surface area contributed by atoms with Gasteiger partial charge in [0.2, 0.25) is 21.8 Å². The topological polar surface area (TPSA) is 130 Å². The maximum absolute atomic E-state index is 13.9. The number of aryl methyl sites for hydroxylation is 2. The number of carbonyl (C=O) groups is 2. The van der Waals surface area contributed by atoms with Gasteiger partial charge in [-0.05, 0) is 44.2 Å². The molecule has 0 radical (unpaired) electrons. The molecule has 1 N–H and O–H groups in total. The van der Waals surface area contributed by atoms with Crippen molar-refractivity contribution in [2.45, 2.75) is 77.9 Å². The van der Waals surface area contributed by atoms with Gasteiger partial charge in [0.05, 0.1) is 16.9 Å². The first kappa shape index (κ1) is 30.1. The Morgan fingerprint density at radius 2 is 1.72 bits per heavy atom. The maximum atomic E-state index is 13.9. The van der Waals surface area contributed by atoms with Gasteiger partial charge in [-0.2, -0.15) is 0 Å². The van der Waals surface area contributed by atoms with Crippen molar-refractivity contribution in [3.63, 3.8) is 0 Å². The molecule has 2 aromatic rings. The summed E-state index contributed by atoms with van der Waals surface area (Å²) >= 11 is 0. The minimum absolute atomic E-state index is 0.0510. The van der Waals surface area contributed by atoms with Crippen molar-refractivity contribution in [3.8, 4) is 0 Å². The summed E-state index contributed by atoms with van der Waals surface area (Å²) < 4.78 is 26.6. The van der Waals surface area contributed by atoms with Gasteiger partial charge in [0.15, 0.2) is 0 Å². The number of anilines is 1. The largest absolute Gasteiger partial charge is 0.352 e. The Bertz CT molecular complexity index is 1290. The van der Waals surface area contributed by atoms with Crippen LogP contribution in [0.5, 0.6) is 0 Å². The fraction of sp³-hybridized carbons (Fsp3) is 0.500. The molecule has 1 atom stereocenters. The molecule has 0 heterocycles. The SMILES string of the molecule is CCC(C(=O)NC1CCCCC1)N(Cc1ccc(C)cc1)C(=O)CN(c1cc([N+](=O)[O-])ccc1C)S(C)(=O)=O. The van der Waals surface area contributed by atoms with E-state index in [0.29, 0.717) is 12.0 Å². The highest BCUT2D eigenvalue weighted by Crippen LogP contribution is 2.28. The molecule has 1 unspecified atom stereocenters. The highest BCUT2D eigenvalue weighted by atomic mass is 32.2. The Morgan fingerprint density at radius 3 is 2.28 bits per heavy atom. The number of nitrogens with zero attached hydrogens (tertiary/aromatic N) is 3. The van der Waals surface area contributed by atoms with Crippen LogP contribution in [0.3, 0.4) is 0 Å². The Morgan fingerprint density at radius 1 is 1.08 bits per heavy atom. The van der Waals surface area contributed by atoms with Crippen molar-refractivity contribution >= 4 is 33.2 Å². The molecule has 0 saturated heterocycles. The van der Waals surface area contributed by atoms with Gasteiger partial charge < -0.3 is 10.2 Å². The second-order valence-corrected chi connectivity index (χ2v) is 12.2. The summed E-state index contributed by atoms with van der Waals surface area (Å²) in [6, 6.07) is 10.7. The van der Waals surface area contributed by atoms with Gasteiger partial charge in [0, 0.05) is 24.7 Å². The van der Waals surface area contributed by atoms with Crippen molar-refractivity contribution in [1.29, 1.82) is 0 Å². The Hall–Kier alpha value is -3.47. The number of nitrogens with one attached hydrogen (secondary N) is 1. The van der Waals surface area contributed by atoms with E-state index in [1.165, 1.54) is 17.0 Å². The molecule has 2 aromatic carbocycles. The zero-order chi connectivity index (χ0) is 28.7. The number of hydrogen-bond donors (Lipinski definition) is 1. The molecule has 0 aromatic heterocycles. The van der Waals surface area contributed by atoms with Gasteiger partial charge in [0.25, 0.3) is 5.69 Å². The average Bonchev–Trinajstić information content (AvgIpc) is 2.88. The molecule has 212 valence electrons. The number of rotatable bonds is 11. The van der Waals surface area contributed by atoms with Crippen molar-refractivity contribution < 1.29 is 22.9 Å². The van der Waals surface area contributed by atoms with Gasteiger partial charge >= 0.3 is 0 Å². The monoisotopic (exact) mass is 558 g/mol. The number of nitro groups is 1. The minimum Gasteiger partial charge on any atom is -0.352 e. The number of benzene rings is 2. The predicted octanol–water partition coefficient (Wildman–Crippen LogP) is 4.23. The van der Waals surface area contributed by atoms with Crippen molar-refractivity contribution in [3.05, 3.63) is 69.3 Å². The van der Waals surface area contributed by atoms with Crippen LogP contribution in [0.15, 0.2) is 42.5 Å². The summed E-state index contributed by atoms with van der Waals surface area (Å²) in [5.41, 5.74) is 2.07. The van der Waals surface area contributed by atoms with Crippen LogP contribution in [0.25, 0.3) is 0 Å². The molecule has 0 aliphatic heterocycles. The lowest BCUT2D eigenvalue weighted by Gasteiger charge is -2.34. The number of amides is 2. The molecule has 3 rings (SSSR count). The van der Waals surface area contributed by atoms with Crippen LogP contribution in [0, 0.1) is 24.0 Å². The van der Waals surface area contributed by atoms with Crippen LogP contribution in [0.2, 0.25) is 0 Å². The molecule has 10 nitrogen and oxygen atoms in total. The maximum Gasteiger partial charge on any atom is 0.271 e. The van der Waals surface area contributed by atoms with Gasteiger partial charge in [-0.25, -0.2) is 8.42 Å². The zero-order valence-electron chi connectivity index (χ0n) is 23.1. The molecular weight excluding hydrogens is 520 g/mol. The highest BCUT2D eigenvalue weighted by Gasteiger charge is 2.33. The molecule has 11 heteroatoms. The zero-order valence-corrected chi connectivity index (χ0v) is 23.9. The second kappa shape index (κ2) is 13.1. The number of sulfonamides is 1. The van der Waals surface area contributed by atoms with Crippen LogP contribution in [0.1, 0.15) is 62.1 Å². The number of nitro benzene ring substituents is 1. The third-order valence-electron chi connectivity index (χ3n) is 7.16. The van der Waals surface area contributed by atoms with Crippen LogP contribution in [-0.4, -0.2) is 54.9 Å². The predicted molar refractivity (Wildman–Crippen MR) is 151 cm³/mol. The molecule has 1 saturated carbocycles. The van der Waals surface area contributed by atoms with Crippen molar-refractivity contribution in [2.75, 3.05) is 17.1 Å². The summed E-state index contributed by atoms with van der Waals surface area (Å²) in [5.74, 6) is -0.833. The van der Waals surface area contributed by atoms with Crippen molar-refractivity contribution in [1.82, 2.24) is 10.2 Å². The van der Waals surface area contributed by atoms with E-state index in [0.717, 1.165) is 59.9 Å². The van der Waals surface area contributed by atoms with Crippen molar-refractivity contribution in [2.24, 2.45) is 0 Å². The second-order valence-electron chi connectivity index (χ2n) is 10.3. The Balaban J connectivity index is 1.97. The summed E-state index contributed by atoms with van der Waals surface area (Å²) in [5, 5.41) is 14.5. The molecule has 0 spiro atoms. The standard InChI is InChI=1S/C28H38N4O6S/c1-5-25(28(34)29-23-9-7-6-8-10-23)30(18-22-14-11-20(2)12-15-22)27(33)19-31(39(4,37)38)26-17-24(32(35)36)16-13-21(26)3/h11-17,23,25H,5-10,18-19H2,1-4H3,(H,29,34). The van der Waals surface area contributed by atoms with Crippen LogP contribution < -0.4 is 9.62 Å². The molecule has 1 fully saturated rings. The fourth-order valence-corrected chi connectivity index (χ4v) is 5.83. The number of carbonyl (C=O) groups excluding carboxylic acids is 2. The Labute approximate surface area is 230 Å². The summed E-state index contributed by atoms with van der Waals surface area (Å²) in [7, 11) is -4.00. The third-order valence-corrected chi connectivity index (χ3v) is 8.29. The fourth-order valence-electron chi connectivity index (χ4n) is 4.93. The first-order valence-electron chi connectivity index (χ1n) is 13.3. The summed E-state index contributed by atoms with van der Waals surface area (Å²) in [6.45, 7) is 4.91. The third kappa shape index (κ3) is 8.01. The smallest absolute Gasteiger partial charge is 0.271 e. The molecule has 2 amide bonds. The summed E-state index contributed by atoms with van der Waals surface area (Å²) in [6.07, 6.45) is 6.30. The quantitative estimate of drug-likeness (QED) is 0.324.